The van der Waals surface area contributed by atoms with E-state index in [9.17, 15) is 13.2 Å². The van der Waals surface area contributed by atoms with Gasteiger partial charge >= 0.3 is 0 Å². The van der Waals surface area contributed by atoms with Crippen molar-refractivity contribution in [2.45, 2.75) is 32.1 Å². The van der Waals surface area contributed by atoms with Crippen LogP contribution in [0.2, 0.25) is 0 Å². The molecule has 0 aromatic carbocycles. The molecule has 2 saturated heterocycles. The maximum Gasteiger partial charge on any atom is 0.227 e. The Balaban J connectivity index is 1.32. The molecule has 158 valence electrons. The zero-order valence-electron chi connectivity index (χ0n) is 16.5. The van der Waals surface area contributed by atoms with Crippen molar-refractivity contribution < 1.29 is 17.7 Å². The second-order valence-electron chi connectivity index (χ2n) is 7.96. The SMILES string of the molecule is CS(=O)(=O)N1CCC(C(=O)N2CCCC(Cc3nc(-c4ccsc4)no3)C2)CC1. The molecule has 1 atom stereocenters. The zero-order chi connectivity index (χ0) is 20.4. The van der Waals surface area contributed by atoms with E-state index in [1.807, 2.05) is 21.7 Å². The van der Waals surface area contributed by atoms with Gasteiger partial charge in [-0.1, -0.05) is 5.16 Å². The quantitative estimate of drug-likeness (QED) is 0.710. The molecule has 0 N–H and O–H groups in total. The number of carbonyl (C=O) groups excluding carboxylic acids is 1. The second-order valence-corrected chi connectivity index (χ2v) is 10.7. The minimum atomic E-state index is -3.17. The number of thiophene rings is 1. The molecule has 0 radical (unpaired) electrons. The Labute approximate surface area is 174 Å². The van der Waals surface area contributed by atoms with E-state index in [0.29, 0.717) is 56.5 Å². The Morgan fingerprint density at radius 1 is 1.28 bits per heavy atom. The van der Waals surface area contributed by atoms with Crippen LogP contribution in [-0.4, -0.2) is 66.1 Å². The summed E-state index contributed by atoms with van der Waals surface area (Å²) in [5.41, 5.74) is 0.964. The van der Waals surface area contributed by atoms with Crippen LogP contribution < -0.4 is 0 Å². The van der Waals surface area contributed by atoms with Crippen LogP contribution in [-0.2, 0) is 21.2 Å². The van der Waals surface area contributed by atoms with Crippen LogP contribution in [0.15, 0.2) is 21.3 Å². The summed E-state index contributed by atoms with van der Waals surface area (Å²) in [6, 6.07) is 1.97. The van der Waals surface area contributed by atoms with Crippen molar-refractivity contribution in [2.24, 2.45) is 11.8 Å². The Hall–Kier alpha value is -1.78. The Morgan fingerprint density at radius 3 is 2.76 bits per heavy atom. The lowest BCUT2D eigenvalue weighted by molar-refractivity contribution is -0.138. The summed E-state index contributed by atoms with van der Waals surface area (Å²) in [5.74, 6) is 1.61. The van der Waals surface area contributed by atoms with E-state index in [1.54, 1.807) is 11.3 Å². The molecule has 10 heteroatoms. The number of nitrogens with zero attached hydrogens (tertiary/aromatic N) is 4. The van der Waals surface area contributed by atoms with Gasteiger partial charge < -0.3 is 9.42 Å². The van der Waals surface area contributed by atoms with Crippen LogP contribution in [0.4, 0.5) is 0 Å². The second kappa shape index (κ2) is 8.53. The molecule has 29 heavy (non-hydrogen) atoms. The largest absolute Gasteiger partial charge is 0.342 e. The third-order valence-electron chi connectivity index (χ3n) is 5.81. The van der Waals surface area contributed by atoms with E-state index in [0.717, 1.165) is 24.9 Å². The molecule has 4 rings (SSSR count). The predicted octanol–water partition coefficient (Wildman–Crippen LogP) is 2.25. The van der Waals surface area contributed by atoms with Crippen molar-refractivity contribution in [1.82, 2.24) is 19.3 Å². The van der Waals surface area contributed by atoms with Gasteiger partial charge in [0.15, 0.2) is 0 Å². The number of rotatable bonds is 5. The first kappa shape index (κ1) is 20.5. The van der Waals surface area contributed by atoms with Gasteiger partial charge in [0.05, 0.1) is 6.26 Å². The summed E-state index contributed by atoms with van der Waals surface area (Å²) in [6.45, 7) is 2.33. The van der Waals surface area contributed by atoms with E-state index in [-0.39, 0.29) is 11.8 Å². The summed E-state index contributed by atoms with van der Waals surface area (Å²) in [4.78, 5) is 19.4. The van der Waals surface area contributed by atoms with Gasteiger partial charge in [-0.3, -0.25) is 4.79 Å². The molecule has 0 spiro atoms. The van der Waals surface area contributed by atoms with Gasteiger partial charge in [0, 0.05) is 49.5 Å². The van der Waals surface area contributed by atoms with Crippen LogP contribution >= 0.6 is 11.3 Å². The zero-order valence-corrected chi connectivity index (χ0v) is 18.1. The summed E-state index contributed by atoms with van der Waals surface area (Å²) < 4.78 is 30.2. The lowest BCUT2D eigenvalue weighted by Crippen LogP contribution is -2.47. The van der Waals surface area contributed by atoms with E-state index in [4.69, 9.17) is 4.52 Å². The van der Waals surface area contributed by atoms with Crippen molar-refractivity contribution in [3.05, 3.63) is 22.7 Å². The molecule has 2 aromatic heterocycles. The first-order chi connectivity index (χ1) is 13.9. The number of carbonyl (C=O) groups is 1. The highest BCUT2D eigenvalue weighted by Gasteiger charge is 2.33. The van der Waals surface area contributed by atoms with Crippen LogP contribution in [0, 0.1) is 11.8 Å². The number of piperidine rings is 2. The third kappa shape index (κ3) is 4.87. The maximum atomic E-state index is 13.0. The van der Waals surface area contributed by atoms with E-state index >= 15 is 0 Å². The minimum absolute atomic E-state index is 0.0830. The molecule has 1 amide bonds. The first-order valence-corrected chi connectivity index (χ1v) is 12.8. The van der Waals surface area contributed by atoms with Crippen molar-refractivity contribution in [3.63, 3.8) is 0 Å². The van der Waals surface area contributed by atoms with Gasteiger partial charge in [0.1, 0.15) is 0 Å². The van der Waals surface area contributed by atoms with Crippen LogP contribution in [0.25, 0.3) is 11.4 Å². The molecular formula is C19H26N4O4S2. The predicted molar refractivity (Wildman–Crippen MR) is 110 cm³/mol. The van der Waals surface area contributed by atoms with Gasteiger partial charge in [-0.15, -0.1) is 0 Å². The number of hydrogen-bond donors (Lipinski definition) is 0. The van der Waals surface area contributed by atoms with Crippen molar-refractivity contribution in [1.29, 1.82) is 0 Å². The molecule has 2 aromatic rings. The molecule has 0 saturated carbocycles. The van der Waals surface area contributed by atoms with Crippen molar-refractivity contribution in [3.8, 4) is 11.4 Å². The van der Waals surface area contributed by atoms with Crippen molar-refractivity contribution >= 4 is 27.3 Å². The minimum Gasteiger partial charge on any atom is -0.342 e. The summed E-state index contributed by atoms with van der Waals surface area (Å²) in [5, 5.41) is 8.04. The average Bonchev–Trinajstić information content (AvgIpc) is 3.39. The fourth-order valence-corrected chi connectivity index (χ4v) is 5.73. The van der Waals surface area contributed by atoms with Crippen molar-refractivity contribution in [2.75, 3.05) is 32.4 Å². The topological polar surface area (TPSA) is 96.6 Å². The van der Waals surface area contributed by atoms with E-state index < -0.39 is 10.0 Å². The van der Waals surface area contributed by atoms with Gasteiger partial charge in [-0.25, -0.2) is 12.7 Å². The summed E-state index contributed by atoms with van der Waals surface area (Å²) in [7, 11) is -3.17. The molecule has 0 aliphatic carbocycles. The van der Waals surface area contributed by atoms with Gasteiger partial charge in [0.2, 0.25) is 27.6 Å². The van der Waals surface area contributed by atoms with Crippen LogP contribution in [0.5, 0.6) is 0 Å². The fourth-order valence-electron chi connectivity index (χ4n) is 4.22. The van der Waals surface area contributed by atoms with E-state index in [1.165, 1.54) is 10.6 Å². The molecule has 4 heterocycles. The van der Waals surface area contributed by atoms with Gasteiger partial charge in [0.25, 0.3) is 0 Å². The monoisotopic (exact) mass is 438 g/mol. The highest BCUT2D eigenvalue weighted by molar-refractivity contribution is 7.88. The molecule has 2 aliphatic rings. The number of sulfonamides is 1. The highest BCUT2D eigenvalue weighted by atomic mass is 32.2. The fraction of sp³-hybridized carbons (Fsp3) is 0.632. The molecule has 1 unspecified atom stereocenters. The molecule has 2 fully saturated rings. The Morgan fingerprint density at radius 2 is 2.07 bits per heavy atom. The Bertz CT molecular complexity index is 933. The highest BCUT2D eigenvalue weighted by Crippen LogP contribution is 2.27. The standard InChI is InChI=1S/C19H26N4O4S2/c1-29(25,26)23-8-4-15(5-9-23)19(24)22-7-2-3-14(12-22)11-17-20-18(21-27-17)16-6-10-28-13-16/h6,10,13-15H,2-5,7-9,11-12H2,1H3. The molecule has 2 aliphatic heterocycles. The van der Waals surface area contributed by atoms with Crippen LogP contribution in [0.3, 0.4) is 0 Å². The molecular weight excluding hydrogens is 412 g/mol. The number of likely N-dealkylation sites (tertiary alicyclic amines) is 1. The smallest absolute Gasteiger partial charge is 0.227 e. The van der Waals surface area contributed by atoms with Gasteiger partial charge in [-0.2, -0.15) is 16.3 Å². The first-order valence-electron chi connectivity index (χ1n) is 9.99. The number of hydrogen-bond acceptors (Lipinski definition) is 7. The normalized spacial score (nSPS) is 22.1. The summed E-state index contributed by atoms with van der Waals surface area (Å²) >= 11 is 1.60. The Kier molecular flexibility index (Phi) is 6.03. The summed E-state index contributed by atoms with van der Waals surface area (Å²) in [6.07, 6.45) is 5.09. The van der Waals surface area contributed by atoms with E-state index in [2.05, 4.69) is 10.1 Å². The lowest BCUT2D eigenvalue weighted by atomic mass is 9.91. The number of aromatic nitrogens is 2. The third-order valence-corrected chi connectivity index (χ3v) is 7.80. The lowest BCUT2D eigenvalue weighted by Gasteiger charge is -2.37. The average molecular weight is 439 g/mol. The molecule has 0 bridgehead atoms. The van der Waals surface area contributed by atoms with Gasteiger partial charge in [-0.05, 0) is 43.0 Å². The maximum absolute atomic E-state index is 13.0. The van der Waals surface area contributed by atoms with Crippen LogP contribution in [0.1, 0.15) is 31.6 Å². The number of amides is 1. The molecule has 8 nitrogen and oxygen atoms in total.